The quantitative estimate of drug-likeness (QED) is 0.184. The maximum Gasteiger partial charge on any atom is 0.431 e. The summed E-state index contributed by atoms with van der Waals surface area (Å²) in [6.07, 6.45) is 1.81. The summed E-state index contributed by atoms with van der Waals surface area (Å²) in [6.45, 7) is 12.9. The molecule has 9 rings (SSSR count). The second-order valence-corrected chi connectivity index (χ2v) is 13.7. The number of fused-ring (bicyclic) bond motifs is 6. The van der Waals surface area contributed by atoms with Crippen LogP contribution in [0.2, 0.25) is 0 Å². The number of furan rings is 1. The zero-order valence-electron chi connectivity index (χ0n) is 28.2. The fourth-order valence-electron chi connectivity index (χ4n) is 8.60. The first-order valence-electron chi connectivity index (χ1n) is 16.8. The molecule has 1 aromatic heterocycles. The van der Waals surface area contributed by atoms with Gasteiger partial charge in [0.05, 0.1) is 12.0 Å². The van der Waals surface area contributed by atoms with E-state index in [0.29, 0.717) is 0 Å². The van der Waals surface area contributed by atoms with Gasteiger partial charge < -0.3 is 14.0 Å². The van der Waals surface area contributed by atoms with Crippen LogP contribution in [0.5, 0.6) is 5.75 Å². The maximum atomic E-state index is 7.00. The van der Waals surface area contributed by atoms with Crippen LogP contribution in [0.15, 0.2) is 114 Å². The summed E-state index contributed by atoms with van der Waals surface area (Å²) in [6, 6.07) is 37.8. The topological polar surface area (TPSA) is 25.6 Å². The molecule has 2 aliphatic rings. The molecule has 4 heteroatoms. The van der Waals surface area contributed by atoms with E-state index < -0.39 is 0 Å². The van der Waals surface area contributed by atoms with Gasteiger partial charge in [-0.05, 0) is 133 Å². The van der Waals surface area contributed by atoms with Gasteiger partial charge in [0.1, 0.15) is 11.3 Å². The van der Waals surface area contributed by atoms with Crippen LogP contribution < -0.4 is 20.5 Å². The molecule has 0 fully saturated rings. The molecule has 0 radical (unpaired) electrons. The van der Waals surface area contributed by atoms with E-state index in [2.05, 4.69) is 150 Å². The van der Waals surface area contributed by atoms with Crippen molar-refractivity contribution in [1.82, 2.24) is 0 Å². The largest absolute Gasteiger partial charge is 0.551 e. The molecule has 0 saturated carbocycles. The molecule has 232 valence electrons. The standard InChI is InChI=1S/C44H36BNO2/c1-25-19-27(3)41(28(4)20-25)31-11-14-33(15-12-31)46-38-16-13-32(42-29(5)21-26(2)22-30(42)6)23-37(38)45-43-36(34-9-7-8-10-39(34)48-45)24-40-35(44(43)46)17-18-47-40/h7-24H,1-6H3. The van der Waals surface area contributed by atoms with Crippen LogP contribution in [0.25, 0.3) is 44.3 Å². The summed E-state index contributed by atoms with van der Waals surface area (Å²) in [5, 5.41) is 1.08. The van der Waals surface area contributed by atoms with E-state index in [9.17, 15) is 0 Å². The number of aryl methyl sites for hydroxylation is 6. The van der Waals surface area contributed by atoms with E-state index in [-0.39, 0.29) is 6.92 Å². The Kier molecular flexibility index (Phi) is 6.29. The molecule has 7 aromatic rings. The van der Waals surface area contributed by atoms with Gasteiger partial charge in [0.25, 0.3) is 0 Å². The normalized spacial score (nSPS) is 12.9. The van der Waals surface area contributed by atoms with Gasteiger partial charge in [-0.1, -0.05) is 77.9 Å². The molecule has 3 nitrogen and oxygen atoms in total. The van der Waals surface area contributed by atoms with Crippen LogP contribution in [-0.4, -0.2) is 6.92 Å². The third kappa shape index (κ3) is 4.22. The highest BCUT2D eigenvalue weighted by Crippen LogP contribution is 2.47. The lowest BCUT2D eigenvalue weighted by molar-refractivity contribution is 0.589. The van der Waals surface area contributed by atoms with E-state index in [0.717, 1.165) is 50.4 Å². The minimum Gasteiger partial charge on any atom is -0.551 e. The Morgan fingerprint density at radius 1 is 0.583 bits per heavy atom. The monoisotopic (exact) mass is 621 g/mol. The first kappa shape index (κ1) is 28.7. The van der Waals surface area contributed by atoms with Crippen LogP contribution in [0.4, 0.5) is 17.1 Å². The second kappa shape index (κ2) is 10.5. The van der Waals surface area contributed by atoms with E-state index in [1.54, 1.807) is 6.26 Å². The van der Waals surface area contributed by atoms with Gasteiger partial charge in [-0.25, -0.2) is 0 Å². The van der Waals surface area contributed by atoms with Gasteiger partial charge in [-0.2, -0.15) is 0 Å². The van der Waals surface area contributed by atoms with Gasteiger partial charge in [0.2, 0.25) is 0 Å². The van der Waals surface area contributed by atoms with Crippen LogP contribution in [0, 0.1) is 41.5 Å². The van der Waals surface area contributed by atoms with Crippen LogP contribution in [0.1, 0.15) is 33.4 Å². The van der Waals surface area contributed by atoms with Crippen LogP contribution in [-0.2, 0) is 0 Å². The van der Waals surface area contributed by atoms with Gasteiger partial charge in [-0.15, -0.1) is 0 Å². The van der Waals surface area contributed by atoms with Gasteiger partial charge in [0.15, 0.2) is 0 Å². The van der Waals surface area contributed by atoms with Crippen molar-refractivity contribution in [3.8, 4) is 39.1 Å². The summed E-state index contributed by atoms with van der Waals surface area (Å²) in [7, 11) is 0. The first-order chi connectivity index (χ1) is 23.3. The summed E-state index contributed by atoms with van der Waals surface area (Å²) >= 11 is 0. The molecule has 0 unspecified atom stereocenters. The number of hydrogen-bond acceptors (Lipinski definition) is 3. The van der Waals surface area contributed by atoms with Crippen molar-refractivity contribution in [3.05, 3.63) is 143 Å². The summed E-state index contributed by atoms with van der Waals surface area (Å²) in [4.78, 5) is 2.43. The molecule has 0 saturated heterocycles. The number of hydrogen-bond donors (Lipinski definition) is 0. The lowest BCUT2D eigenvalue weighted by atomic mass is 9.49. The van der Waals surface area contributed by atoms with Crippen molar-refractivity contribution in [2.75, 3.05) is 4.90 Å². The highest BCUT2D eigenvalue weighted by atomic mass is 16.4. The lowest BCUT2D eigenvalue weighted by Crippen LogP contribution is -2.56. The van der Waals surface area contributed by atoms with Crippen molar-refractivity contribution in [1.29, 1.82) is 0 Å². The van der Waals surface area contributed by atoms with Crippen molar-refractivity contribution in [3.63, 3.8) is 0 Å². The molecule has 48 heavy (non-hydrogen) atoms. The van der Waals surface area contributed by atoms with Gasteiger partial charge in [0, 0.05) is 27.8 Å². The van der Waals surface area contributed by atoms with Crippen molar-refractivity contribution in [2.45, 2.75) is 41.5 Å². The van der Waals surface area contributed by atoms with Crippen LogP contribution >= 0.6 is 0 Å². The molecular formula is C44H36BNO2. The van der Waals surface area contributed by atoms with Crippen molar-refractivity contribution in [2.24, 2.45) is 0 Å². The first-order valence-corrected chi connectivity index (χ1v) is 16.8. The number of nitrogens with zero attached hydrogens (tertiary/aromatic N) is 1. The molecule has 0 bridgehead atoms. The van der Waals surface area contributed by atoms with Crippen molar-refractivity contribution >= 4 is 45.9 Å². The predicted octanol–water partition coefficient (Wildman–Crippen LogP) is 10.6. The summed E-state index contributed by atoms with van der Waals surface area (Å²) < 4.78 is 13.1. The lowest BCUT2D eigenvalue weighted by Gasteiger charge is -2.40. The fraction of sp³-hybridized carbons (Fsp3) is 0.136. The van der Waals surface area contributed by atoms with Crippen molar-refractivity contribution < 1.29 is 9.07 Å². The Balaban J connectivity index is 1.31. The minimum absolute atomic E-state index is 0.265. The Morgan fingerprint density at radius 3 is 1.90 bits per heavy atom. The molecule has 2 aliphatic heterocycles. The molecule has 0 atom stereocenters. The molecule has 0 aliphatic carbocycles. The van der Waals surface area contributed by atoms with E-state index in [4.69, 9.17) is 9.07 Å². The fourth-order valence-corrected chi connectivity index (χ4v) is 8.60. The minimum atomic E-state index is -0.265. The zero-order chi connectivity index (χ0) is 32.8. The zero-order valence-corrected chi connectivity index (χ0v) is 28.2. The maximum absolute atomic E-state index is 7.00. The molecular weight excluding hydrogens is 585 g/mol. The van der Waals surface area contributed by atoms with E-state index >= 15 is 0 Å². The number of rotatable bonds is 3. The third-order valence-electron chi connectivity index (χ3n) is 10.3. The Morgan fingerprint density at radius 2 is 1.21 bits per heavy atom. The number of para-hydroxylation sites is 1. The highest BCUT2D eigenvalue weighted by molar-refractivity contribution is 6.86. The Labute approximate surface area is 282 Å². The Hall–Kier alpha value is -5.48. The molecule has 0 spiro atoms. The molecule has 3 heterocycles. The van der Waals surface area contributed by atoms with Gasteiger partial charge in [-0.3, -0.25) is 0 Å². The Bertz CT molecular complexity index is 2410. The third-order valence-corrected chi connectivity index (χ3v) is 10.3. The number of benzene rings is 6. The van der Waals surface area contributed by atoms with E-state index in [1.807, 2.05) is 0 Å². The molecule has 0 amide bonds. The second-order valence-electron chi connectivity index (χ2n) is 13.7. The predicted molar refractivity (Wildman–Crippen MR) is 201 cm³/mol. The summed E-state index contributed by atoms with van der Waals surface area (Å²) in [5.74, 6) is 0.896. The highest BCUT2D eigenvalue weighted by Gasteiger charge is 2.44. The SMILES string of the molecule is Cc1cc(C)c(-c2ccc(N3c4ccc(-c5c(C)cc(C)cc5C)cc4B4Oc5ccccc5-c5cc6occc6c3c54)cc2)c(C)c1. The summed E-state index contributed by atoms with van der Waals surface area (Å²) in [5.41, 5.74) is 21.6. The molecule has 0 N–H and O–H groups in total. The molecule has 6 aromatic carbocycles. The number of anilines is 3. The van der Waals surface area contributed by atoms with E-state index in [1.165, 1.54) is 61.1 Å². The van der Waals surface area contributed by atoms with Gasteiger partial charge >= 0.3 is 6.92 Å². The average Bonchev–Trinajstić information content (AvgIpc) is 3.53. The smallest absolute Gasteiger partial charge is 0.431 e. The average molecular weight is 622 g/mol. The van der Waals surface area contributed by atoms with Crippen LogP contribution in [0.3, 0.4) is 0 Å².